The van der Waals surface area contributed by atoms with Gasteiger partial charge in [-0.15, -0.1) is 0 Å². The number of amides is 2. The highest BCUT2D eigenvalue weighted by molar-refractivity contribution is 5.96. The second-order valence-corrected chi connectivity index (χ2v) is 8.29. The van der Waals surface area contributed by atoms with E-state index in [4.69, 9.17) is 0 Å². The minimum Gasteiger partial charge on any atom is -0.454 e. The Morgan fingerprint density at radius 3 is 2.55 bits per heavy atom. The van der Waals surface area contributed by atoms with Crippen LogP contribution in [0.5, 0.6) is 5.75 Å². The molecule has 1 aromatic carbocycles. The van der Waals surface area contributed by atoms with Crippen LogP contribution in [0.15, 0.2) is 42.6 Å². The molecule has 3 heterocycles. The predicted octanol–water partition coefficient (Wildman–Crippen LogP) is 4.38. The van der Waals surface area contributed by atoms with Crippen molar-refractivity contribution in [1.29, 1.82) is 0 Å². The van der Waals surface area contributed by atoms with Crippen molar-refractivity contribution in [2.75, 3.05) is 5.32 Å². The number of nitrogens with one attached hydrogen (secondary N) is 2. The first-order valence-corrected chi connectivity index (χ1v) is 11.3. The van der Waals surface area contributed by atoms with E-state index in [1.54, 1.807) is 32.0 Å². The van der Waals surface area contributed by atoms with Crippen molar-refractivity contribution in [1.82, 2.24) is 24.9 Å². The van der Waals surface area contributed by atoms with Gasteiger partial charge in [0, 0.05) is 30.3 Å². The van der Waals surface area contributed by atoms with Crippen LogP contribution in [0.3, 0.4) is 0 Å². The average Bonchev–Trinajstić information content (AvgIpc) is 3.24. The molecule has 4 aromatic rings. The van der Waals surface area contributed by atoms with Crippen LogP contribution in [0.1, 0.15) is 34.2 Å². The Kier molecular flexibility index (Phi) is 7.55. The number of alkyl halides is 3. The highest BCUT2D eigenvalue weighted by atomic mass is 19.3. The van der Waals surface area contributed by atoms with Crippen molar-refractivity contribution in [3.05, 3.63) is 70.9 Å². The molecule has 0 saturated heterocycles. The Morgan fingerprint density at radius 2 is 1.84 bits per heavy atom. The Balaban J connectivity index is 1.59. The minimum atomic E-state index is -3.42. The van der Waals surface area contributed by atoms with E-state index in [0.29, 0.717) is 34.1 Å². The fourth-order valence-corrected chi connectivity index (χ4v) is 3.74. The van der Waals surface area contributed by atoms with Crippen molar-refractivity contribution >= 4 is 23.3 Å². The number of aromatic nitrogens is 4. The number of pyridine rings is 1. The maximum Gasteiger partial charge on any atom is 0.304 e. The minimum absolute atomic E-state index is 0.159. The number of hydrogen-bond donors (Lipinski definition) is 2. The summed E-state index contributed by atoms with van der Waals surface area (Å²) < 4.78 is 59.0. The van der Waals surface area contributed by atoms with E-state index in [2.05, 4.69) is 30.4 Å². The summed E-state index contributed by atoms with van der Waals surface area (Å²) in [6, 6.07) is 8.28. The van der Waals surface area contributed by atoms with E-state index in [0.717, 1.165) is 12.1 Å². The number of fused-ring (bicyclic) bond motifs is 1. The summed E-state index contributed by atoms with van der Waals surface area (Å²) in [6.45, 7) is 4.26. The van der Waals surface area contributed by atoms with Crippen molar-refractivity contribution in [2.24, 2.45) is 0 Å². The standard InChI is InChI=1S/C25H22F4N6O3/c1-12-15(19-7-8-22-33-21(32-14(3)36)11-35(22)34-19)9-16(13(2)31-12)25(37)30-10-17-18(26)5-4-6-20(17)38-24(29)23(27)28/h4-9,11,23-24H,10H2,1-3H3,(H,30,37)(H,32,36). The van der Waals surface area contributed by atoms with Gasteiger partial charge in [-0.05, 0) is 44.2 Å². The lowest BCUT2D eigenvalue weighted by Gasteiger charge is -2.16. The molecule has 0 spiro atoms. The zero-order valence-corrected chi connectivity index (χ0v) is 20.4. The third-order valence-electron chi connectivity index (χ3n) is 5.49. The predicted molar refractivity (Wildman–Crippen MR) is 129 cm³/mol. The van der Waals surface area contributed by atoms with E-state index >= 15 is 0 Å². The van der Waals surface area contributed by atoms with Gasteiger partial charge in [-0.1, -0.05) is 6.07 Å². The van der Waals surface area contributed by atoms with Gasteiger partial charge in [0.05, 0.1) is 23.1 Å². The third kappa shape index (κ3) is 5.71. The normalized spacial score (nSPS) is 12.0. The van der Waals surface area contributed by atoms with Crippen LogP contribution in [0.25, 0.3) is 16.9 Å². The van der Waals surface area contributed by atoms with Crippen LogP contribution in [-0.4, -0.2) is 44.2 Å². The molecule has 2 amide bonds. The number of halogens is 4. The molecule has 4 rings (SSSR count). The maximum absolute atomic E-state index is 14.4. The smallest absolute Gasteiger partial charge is 0.304 e. The zero-order valence-electron chi connectivity index (χ0n) is 20.4. The second-order valence-electron chi connectivity index (χ2n) is 8.29. The van der Waals surface area contributed by atoms with E-state index in [9.17, 15) is 27.2 Å². The van der Waals surface area contributed by atoms with E-state index in [1.165, 1.54) is 23.7 Å². The Morgan fingerprint density at radius 1 is 1.08 bits per heavy atom. The number of aryl methyl sites for hydroxylation is 2. The molecule has 1 unspecified atom stereocenters. The van der Waals surface area contributed by atoms with Gasteiger partial charge in [-0.2, -0.15) is 9.49 Å². The number of ether oxygens (including phenoxy) is 1. The second kappa shape index (κ2) is 10.8. The average molecular weight is 530 g/mol. The van der Waals surface area contributed by atoms with Crippen LogP contribution in [0.4, 0.5) is 23.4 Å². The molecule has 1 atom stereocenters. The summed E-state index contributed by atoms with van der Waals surface area (Å²) in [6.07, 6.45) is -4.84. The van der Waals surface area contributed by atoms with Gasteiger partial charge in [-0.3, -0.25) is 14.6 Å². The lowest BCUT2D eigenvalue weighted by molar-refractivity contribution is -0.114. The molecule has 0 bridgehead atoms. The van der Waals surface area contributed by atoms with Crippen molar-refractivity contribution in [3.8, 4) is 17.0 Å². The van der Waals surface area contributed by atoms with E-state index in [-0.39, 0.29) is 17.0 Å². The van der Waals surface area contributed by atoms with Gasteiger partial charge < -0.3 is 15.4 Å². The van der Waals surface area contributed by atoms with Gasteiger partial charge in [0.1, 0.15) is 11.6 Å². The molecule has 38 heavy (non-hydrogen) atoms. The van der Waals surface area contributed by atoms with Crippen LogP contribution in [0, 0.1) is 19.7 Å². The highest BCUT2D eigenvalue weighted by Crippen LogP contribution is 2.26. The van der Waals surface area contributed by atoms with Crippen LogP contribution in [-0.2, 0) is 11.3 Å². The first kappa shape index (κ1) is 26.5. The molecule has 2 N–H and O–H groups in total. The van der Waals surface area contributed by atoms with E-state index in [1.807, 2.05) is 0 Å². The Hall–Kier alpha value is -4.55. The summed E-state index contributed by atoms with van der Waals surface area (Å²) in [7, 11) is 0. The molecule has 0 fully saturated rings. The number of anilines is 1. The molecular formula is C25H22F4N6O3. The molecule has 0 radical (unpaired) electrons. The summed E-state index contributed by atoms with van der Waals surface area (Å²) in [5, 5.41) is 9.57. The molecule has 3 aromatic heterocycles. The van der Waals surface area contributed by atoms with Crippen LogP contribution in [0.2, 0.25) is 0 Å². The molecule has 0 aliphatic rings. The van der Waals surface area contributed by atoms with E-state index < -0.39 is 36.8 Å². The number of imidazole rings is 1. The summed E-state index contributed by atoms with van der Waals surface area (Å²) >= 11 is 0. The number of carbonyl (C=O) groups excluding carboxylic acids is 2. The van der Waals surface area contributed by atoms with Crippen molar-refractivity contribution < 1.29 is 31.9 Å². The number of rotatable bonds is 8. The maximum atomic E-state index is 14.4. The SMILES string of the molecule is CC(=O)Nc1cn2nc(-c3cc(C(=O)NCc4c(F)cccc4OC(F)C(F)F)c(C)nc3C)ccc2n1. The quantitative estimate of drug-likeness (QED) is 0.327. The fourth-order valence-electron chi connectivity index (χ4n) is 3.74. The fraction of sp³-hybridized carbons (Fsp3) is 0.240. The summed E-state index contributed by atoms with van der Waals surface area (Å²) in [5.74, 6) is -1.90. The van der Waals surface area contributed by atoms with Gasteiger partial charge in [0.25, 0.3) is 12.3 Å². The Bertz CT molecular complexity index is 1520. The highest BCUT2D eigenvalue weighted by Gasteiger charge is 2.24. The van der Waals surface area contributed by atoms with Gasteiger partial charge >= 0.3 is 6.43 Å². The molecule has 0 aliphatic heterocycles. The monoisotopic (exact) mass is 530 g/mol. The Labute approximate surface area is 213 Å². The van der Waals surface area contributed by atoms with Gasteiger partial charge in [0.15, 0.2) is 11.5 Å². The van der Waals surface area contributed by atoms with Crippen LogP contribution >= 0.6 is 0 Å². The first-order valence-electron chi connectivity index (χ1n) is 11.3. The number of nitrogens with zero attached hydrogens (tertiary/aromatic N) is 4. The molecule has 0 aliphatic carbocycles. The lowest BCUT2D eigenvalue weighted by Crippen LogP contribution is -2.26. The summed E-state index contributed by atoms with van der Waals surface area (Å²) in [4.78, 5) is 33.0. The number of carbonyl (C=O) groups is 2. The topological polar surface area (TPSA) is 111 Å². The third-order valence-corrected chi connectivity index (χ3v) is 5.49. The molecule has 13 heteroatoms. The summed E-state index contributed by atoms with van der Waals surface area (Å²) in [5.41, 5.74) is 2.32. The van der Waals surface area contributed by atoms with Gasteiger partial charge in [-0.25, -0.2) is 22.7 Å². The number of benzene rings is 1. The molecule has 198 valence electrons. The molecule has 9 nitrogen and oxygen atoms in total. The molecule has 0 saturated carbocycles. The lowest BCUT2D eigenvalue weighted by atomic mass is 10.0. The van der Waals surface area contributed by atoms with Crippen molar-refractivity contribution in [2.45, 2.75) is 40.1 Å². The van der Waals surface area contributed by atoms with Crippen molar-refractivity contribution in [3.63, 3.8) is 0 Å². The van der Waals surface area contributed by atoms with Gasteiger partial charge in [0.2, 0.25) is 5.91 Å². The largest absolute Gasteiger partial charge is 0.454 e. The molecular weight excluding hydrogens is 508 g/mol. The number of hydrogen-bond acceptors (Lipinski definition) is 6. The van der Waals surface area contributed by atoms with Crippen LogP contribution < -0.4 is 15.4 Å². The first-order chi connectivity index (χ1) is 18.0. The zero-order chi connectivity index (χ0) is 27.6.